The summed E-state index contributed by atoms with van der Waals surface area (Å²) >= 11 is 0. The number of carbonyl (C=O) groups excluding carboxylic acids is 2. The van der Waals surface area contributed by atoms with E-state index in [2.05, 4.69) is 6.58 Å². The van der Waals surface area contributed by atoms with Crippen LogP contribution in [-0.4, -0.2) is 54.7 Å². The van der Waals surface area contributed by atoms with Gasteiger partial charge in [0.1, 0.15) is 6.61 Å². The molecule has 0 aromatic rings. The first-order valence-corrected chi connectivity index (χ1v) is 6.42. The summed E-state index contributed by atoms with van der Waals surface area (Å²) in [5.74, 6) is -1.28. The fourth-order valence-electron chi connectivity index (χ4n) is 1.73. The molecule has 20 heavy (non-hydrogen) atoms. The van der Waals surface area contributed by atoms with Gasteiger partial charge in [-0.05, 0) is 33.5 Å². The summed E-state index contributed by atoms with van der Waals surface area (Å²) in [6, 6.07) is -0.200. The minimum atomic E-state index is -0.753. The minimum Gasteiger partial charge on any atom is -0.459 e. The van der Waals surface area contributed by atoms with Gasteiger partial charge in [-0.15, -0.1) is 0 Å². The minimum absolute atomic E-state index is 0.0275. The van der Waals surface area contributed by atoms with Gasteiger partial charge in [-0.25, -0.2) is 4.79 Å². The molecule has 2 unspecified atom stereocenters. The zero-order valence-electron chi connectivity index (χ0n) is 12.5. The van der Waals surface area contributed by atoms with Crippen LogP contribution in [0.2, 0.25) is 0 Å². The number of esters is 1. The van der Waals surface area contributed by atoms with Gasteiger partial charge in [0.25, 0.3) is 0 Å². The van der Waals surface area contributed by atoms with Gasteiger partial charge in [-0.1, -0.05) is 13.5 Å². The van der Waals surface area contributed by atoms with Gasteiger partial charge in [-0.3, -0.25) is 4.79 Å². The van der Waals surface area contributed by atoms with Crippen LogP contribution in [0.1, 0.15) is 20.3 Å². The van der Waals surface area contributed by atoms with Crippen LogP contribution in [0.3, 0.4) is 0 Å². The van der Waals surface area contributed by atoms with Gasteiger partial charge in [-0.2, -0.15) is 0 Å². The summed E-state index contributed by atoms with van der Waals surface area (Å²) in [4.78, 5) is 25.0. The summed E-state index contributed by atoms with van der Waals surface area (Å²) in [5, 5.41) is 9.05. The van der Waals surface area contributed by atoms with E-state index in [1.54, 1.807) is 0 Å². The molecule has 0 aliphatic rings. The number of nitrogens with zero attached hydrogens (tertiary/aromatic N) is 1. The van der Waals surface area contributed by atoms with Crippen LogP contribution < -0.4 is 5.73 Å². The highest BCUT2D eigenvalue weighted by Crippen LogP contribution is 2.14. The number of hydrogen-bond donors (Lipinski definition) is 2. The molecule has 2 atom stereocenters. The molecule has 3 N–H and O–H groups in total. The van der Waals surface area contributed by atoms with Crippen molar-refractivity contribution in [3.05, 3.63) is 23.8 Å². The molecule has 6 heteroatoms. The van der Waals surface area contributed by atoms with Crippen molar-refractivity contribution in [3.8, 4) is 0 Å². The number of likely N-dealkylation sites (N-methyl/N-ethyl adjacent to an activating group) is 1. The molecule has 0 aliphatic heterocycles. The molecule has 0 bridgehead atoms. The molecule has 0 heterocycles. The molecule has 0 saturated carbocycles. The van der Waals surface area contributed by atoms with Crippen LogP contribution in [0.4, 0.5) is 0 Å². The lowest BCUT2D eigenvalue weighted by atomic mass is 10.0. The van der Waals surface area contributed by atoms with Crippen molar-refractivity contribution in [1.82, 2.24) is 4.90 Å². The average molecular weight is 284 g/mol. The maximum Gasteiger partial charge on any atom is 0.337 e. The van der Waals surface area contributed by atoms with E-state index in [0.29, 0.717) is 12.0 Å². The summed E-state index contributed by atoms with van der Waals surface area (Å²) < 4.78 is 4.82. The van der Waals surface area contributed by atoms with Gasteiger partial charge < -0.3 is 20.5 Å². The van der Waals surface area contributed by atoms with E-state index in [0.717, 1.165) is 0 Å². The first kappa shape index (κ1) is 18.3. The van der Waals surface area contributed by atoms with Crippen molar-refractivity contribution in [1.29, 1.82) is 0 Å². The number of ether oxygens (including phenoxy) is 1. The first-order valence-electron chi connectivity index (χ1n) is 6.42. The van der Waals surface area contributed by atoms with Gasteiger partial charge in [0.15, 0.2) is 0 Å². The molecule has 114 valence electrons. The number of hydrogen-bond acceptors (Lipinski definition) is 5. The second-order valence-electron chi connectivity index (χ2n) is 4.82. The van der Waals surface area contributed by atoms with E-state index >= 15 is 0 Å². The number of amides is 1. The van der Waals surface area contributed by atoms with Gasteiger partial charge in [0.2, 0.25) is 5.91 Å². The van der Waals surface area contributed by atoms with E-state index in [9.17, 15) is 9.59 Å². The van der Waals surface area contributed by atoms with Gasteiger partial charge in [0.05, 0.1) is 11.7 Å². The monoisotopic (exact) mass is 284 g/mol. The van der Waals surface area contributed by atoms with Crippen molar-refractivity contribution < 1.29 is 19.4 Å². The number of carbonyl (C=O) groups is 2. The topological polar surface area (TPSA) is 92.9 Å². The second kappa shape index (κ2) is 8.50. The summed E-state index contributed by atoms with van der Waals surface area (Å²) in [6.45, 7) is 6.86. The molecular formula is C14H24N2O4. The Morgan fingerprint density at radius 1 is 1.45 bits per heavy atom. The zero-order valence-corrected chi connectivity index (χ0v) is 12.5. The molecular weight excluding hydrogens is 260 g/mol. The Hall–Kier alpha value is -1.66. The molecule has 0 spiro atoms. The highest BCUT2D eigenvalue weighted by Gasteiger charge is 2.21. The second-order valence-corrected chi connectivity index (χ2v) is 4.82. The van der Waals surface area contributed by atoms with E-state index in [1.807, 2.05) is 25.9 Å². The highest BCUT2D eigenvalue weighted by molar-refractivity contribution is 5.98. The largest absolute Gasteiger partial charge is 0.459 e. The van der Waals surface area contributed by atoms with Gasteiger partial charge >= 0.3 is 5.97 Å². The SMILES string of the molecule is C=C(/C=C(\C(N)=O)C(CC)N(C)C)C(=O)OCC(C)O. The number of primary amides is 1. The van der Waals surface area contributed by atoms with Crippen LogP contribution in [0.5, 0.6) is 0 Å². The number of aliphatic hydroxyl groups is 1. The van der Waals surface area contributed by atoms with E-state index in [1.165, 1.54) is 13.0 Å². The third kappa shape index (κ3) is 5.99. The standard InChI is InChI=1S/C14H24N2O4/c1-6-12(16(4)5)11(13(15)18)7-9(2)14(19)20-8-10(3)17/h7,10,12,17H,2,6,8H2,1,3-5H3,(H2,15,18)/b11-7-. The lowest BCUT2D eigenvalue weighted by Gasteiger charge is -2.24. The fraction of sp³-hybridized carbons (Fsp3) is 0.571. The third-order valence-corrected chi connectivity index (χ3v) is 2.70. The Labute approximate surface area is 119 Å². The van der Waals surface area contributed by atoms with Crippen molar-refractivity contribution in [2.24, 2.45) is 5.73 Å². The first-order chi connectivity index (χ1) is 9.20. The molecule has 0 aliphatic carbocycles. The van der Waals surface area contributed by atoms with Crippen LogP contribution >= 0.6 is 0 Å². The smallest absolute Gasteiger partial charge is 0.337 e. The quantitative estimate of drug-likeness (QED) is 0.378. The Morgan fingerprint density at radius 2 is 2.00 bits per heavy atom. The van der Waals surface area contributed by atoms with E-state index in [4.69, 9.17) is 15.6 Å². The average Bonchev–Trinajstić information content (AvgIpc) is 2.34. The molecule has 0 fully saturated rings. The summed E-state index contributed by atoms with van der Waals surface area (Å²) in [7, 11) is 3.64. The van der Waals surface area contributed by atoms with Crippen LogP contribution in [0.15, 0.2) is 23.8 Å². The third-order valence-electron chi connectivity index (χ3n) is 2.70. The zero-order chi connectivity index (χ0) is 15.9. The fourth-order valence-corrected chi connectivity index (χ4v) is 1.73. The number of nitrogens with two attached hydrogens (primary N) is 1. The molecule has 1 amide bonds. The number of rotatable bonds is 8. The van der Waals surface area contributed by atoms with E-state index in [-0.39, 0.29) is 18.2 Å². The maximum atomic E-state index is 11.6. The predicted octanol–water partition coefficient (Wildman–Crippen LogP) is 0.219. The van der Waals surface area contributed by atoms with Crippen molar-refractivity contribution in [2.45, 2.75) is 32.4 Å². The van der Waals surface area contributed by atoms with Crippen LogP contribution in [-0.2, 0) is 14.3 Å². The number of aliphatic hydroxyl groups excluding tert-OH is 1. The lowest BCUT2D eigenvalue weighted by molar-refractivity contribution is -0.141. The molecule has 0 aromatic carbocycles. The van der Waals surface area contributed by atoms with Crippen molar-refractivity contribution in [2.75, 3.05) is 20.7 Å². The molecule has 6 nitrogen and oxygen atoms in total. The normalized spacial score (nSPS) is 14.8. The molecule has 0 aromatic heterocycles. The Balaban J connectivity index is 5.05. The summed E-state index contributed by atoms with van der Waals surface area (Å²) in [6.07, 6.45) is 1.26. The Kier molecular flexibility index (Phi) is 7.79. The maximum absolute atomic E-state index is 11.6. The predicted molar refractivity (Wildman–Crippen MR) is 76.8 cm³/mol. The van der Waals surface area contributed by atoms with Crippen molar-refractivity contribution >= 4 is 11.9 Å². The lowest BCUT2D eigenvalue weighted by Crippen LogP contribution is -2.35. The molecule has 0 radical (unpaired) electrons. The van der Waals surface area contributed by atoms with Crippen molar-refractivity contribution in [3.63, 3.8) is 0 Å². The summed E-state index contributed by atoms with van der Waals surface area (Å²) in [5.41, 5.74) is 5.68. The van der Waals surface area contributed by atoms with E-state index < -0.39 is 18.0 Å². The Bertz CT molecular complexity index is 400. The Morgan fingerprint density at radius 3 is 2.35 bits per heavy atom. The molecule has 0 rings (SSSR count). The highest BCUT2D eigenvalue weighted by atomic mass is 16.5. The van der Waals surface area contributed by atoms with Crippen LogP contribution in [0, 0.1) is 0 Å². The molecule has 0 saturated heterocycles. The van der Waals surface area contributed by atoms with Gasteiger partial charge in [0, 0.05) is 11.6 Å². The van der Waals surface area contributed by atoms with Crippen LogP contribution in [0.25, 0.3) is 0 Å².